The lowest BCUT2D eigenvalue weighted by Gasteiger charge is -2.25. The fraction of sp³-hybridized carbons (Fsp3) is 0.0800. The summed E-state index contributed by atoms with van der Waals surface area (Å²) in [4.78, 5) is 49.3. The number of amides is 2. The van der Waals surface area contributed by atoms with Crippen molar-refractivity contribution in [3.8, 4) is 0 Å². The number of Topliss-reactive ketones (excluding diaryl/α,β-unsaturated/α-hetero) is 1. The Bertz CT molecular complexity index is 1370. The van der Waals surface area contributed by atoms with E-state index in [0.29, 0.717) is 16.9 Å². The van der Waals surface area contributed by atoms with Crippen molar-refractivity contribution in [2.75, 3.05) is 10.2 Å². The molecule has 3 aromatic rings. The molecule has 1 aliphatic heterocycles. The minimum Gasteiger partial charge on any atom is -0.507 e. The number of non-ortho nitro benzene ring substituents is 1. The standard InChI is InChI=1S/C25H18BrN3O6/c1-14(30)27-18-8-12-19(13-9-18)28-22(15-2-6-17(26)7-3-15)21(24(32)25(28)33)23(31)16-4-10-20(11-5-16)29(34)35/h2-13,22,31H,1H3,(H,27,30)/t22-/m0/s1. The van der Waals surface area contributed by atoms with Gasteiger partial charge in [-0.2, -0.15) is 0 Å². The van der Waals surface area contributed by atoms with Crippen molar-refractivity contribution in [1.82, 2.24) is 0 Å². The van der Waals surface area contributed by atoms with Gasteiger partial charge in [-0.05, 0) is 54.1 Å². The Morgan fingerprint density at radius 2 is 1.60 bits per heavy atom. The molecule has 2 amide bonds. The van der Waals surface area contributed by atoms with Crippen molar-refractivity contribution < 1.29 is 24.4 Å². The number of benzene rings is 3. The number of nitro groups is 1. The molecule has 0 aliphatic carbocycles. The average Bonchev–Trinajstić information content (AvgIpc) is 3.10. The third-order valence-corrected chi connectivity index (χ3v) is 5.98. The second-order valence-electron chi connectivity index (χ2n) is 7.75. The largest absolute Gasteiger partial charge is 0.507 e. The van der Waals surface area contributed by atoms with Crippen molar-refractivity contribution in [3.63, 3.8) is 0 Å². The van der Waals surface area contributed by atoms with Gasteiger partial charge in [0.2, 0.25) is 5.91 Å². The Morgan fingerprint density at radius 1 is 1.00 bits per heavy atom. The zero-order valence-electron chi connectivity index (χ0n) is 18.3. The fourth-order valence-electron chi connectivity index (χ4n) is 3.86. The van der Waals surface area contributed by atoms with E-state index in [-0.39, 0.29) is 22.7 Å². The van der Waals surface area contributed by atoms with Crippen molar-refractivity contribution in [2.24, 2.45) is 0 Å². The van der Waals surface area contributed by atoms with E-state index in [1.54, 1.807) is 48.5 Å². The molecule has 0 unspecified atom stereocenters. The molecule has 35 heavy (non-hydrogen) atoms. The summed E-state index contributed by atoms with van der Waals surface area (Å²) < 4.78 is 0.785. The van der Waals surface area contributed by atoms with Gasteiger partial charge >= 0.3 is 0 Å². The summed E-state index contributed by atoms with van der Waals surface area (Å²) in [6, 6.07) is 17.4. The molecule has 1 fully saturated rings. The molecule has 3 aromatic carbocycles. The molecule has 0 radical (unpaired) electrons. The van der Waals surface area contributed by atoms with Gasteiger partial charge < -0.3 is 10.4 Å². The molecule has 0 aromatic heterocycles. The van der Waals surface area contributed by atoms with Crippen LogP contribution in [0.5, 0.6) is 0 Å². The van der Waals surface area contributed by atoms with Crippen molar-refractivity contribution in [2.45, 2.75) is 13.0 Å². The van der Waals surface area contributed by atoms with E-state index in [0.717, 1.165) is 4.47 Å². The third kappa shape index (κ3) is 4.69. The highest BCUT2D eigenvalue weighted by Gasteiger charge is 2.47. The topological polar surface area (TPSA) is 130 Å². The Kier molecular flexibility index (Phi) is 6.48. The maximum absolute atomic E-state index is 13.2. The van der Waals surface area contributed by atoms with E-state index in [9.17, 15) is 29.6 Å². The van der Waals surface area contributed by atoms with E-state index < -0.39 is 28.4 Å². The SMILES string of the molecule is CC(=O)Nc1ccc(N2C(=O)C(=O)C(=C(O)c3ccc([N+](=O)[O-])cc3)[C@@H]2c2ccc(Br)cc2)cc1. The first-order chi connectivity index (χ1) is 16.7. The van der Waals surface area contributed by atoms with Gasteiger partial charge in [0.25, 0.3) is 17.4 Å². The quantitative estimate of drug-likeness (QED) is 0.156. The van der Waals surface area contributed by atoms with Crippen molar-refractivity contribution >= 4 is 56.3 Å². The van der Waals surface area contributed by atoms with Crippen molar-refractivity contribution in [3.05, 3.63) is 104 Å². The molecule has 0 saturated carbocycles. The van der Waals surface area contributed by atoms with E-state index in [1.807, 2.05) is 0 Å². The molecule has 0 spiro atoms. The molecular formula is C25H18BrN3O6. The molecule has 1 heterocycles. The second-order valence-corrected chi connectivity index (χ2v) is 8.67. The zero-order valence-corrected chi connectivity index (χ0v) is 19.9. The highest BCUT2D eigenvalue weighted by molar-refractivity contribution is 9.10. The summed E-state index contributed by atoms with van der Waals surface area (Å²) in [6.07, 6.45) is 0. The van der Waals surface area contributed by atoms with Crippen LogP contribution in [0, 0.1) is 10.1 Å². The van der Waals surface area contributed by atoms with E-state index in [1.165, 1.54) is 36.1 Å². The number of carbonyl (C=O) groups excluding carboxylic acids is 3. The maximum atomic E-state index is 13.2. The highest BCUT2D eigenvalue weighted by Crippen LogP contribution is 2.42. The summed E-state index contributed by atoms with van der Waals surface area (Å²) in [5.74, 6) is -2.42. The van der Waals surface area contributed by atoms with Crippen molar-refractivity contribution in [1.29, 1.82) is 0 Å². The highest BCUT2D eigenvalue weighted by atomic mass is 79.9. The number of aliphatic hydroxyl groups is 1. The normalized spacial score (nSPS) is 16.9. The number of carbonyl (C=O) groups is 3. The van der Waals surface area contributed by atoms with Gasteiger partial charge in [0.1, 0.15) is 5.76 Å². The predicted octanol–water partition coefficient (Wildman–Crippen LogP) is 4.94. The first-order valence-electron chi connectivity index (χ1n) is 10.4. The van der Waals surface area contributed by atoms with Crippen LogP contribution in [0.1, 0.15) is 24.1 Å². The molecular weight excluding hydrogens is 518 g/mol. The Balaban J connectivity index is 1.85. The van der Waals surface area contributed by atoms with Crippen LogP contribution in [0.15, 0.2) is 82.8 Å². The number of nitro benzene ring substituents is 1. The summed E-state index contributed by atoms with van der Waals surface area (Å²) >= 11 is 3.37. The number of nitrogens with zero attached hydrogens (tertiary/aromatic N) is 2. The monoisotopic (exact) mass is 535 g/mol. The summed E-state index contributed by atoms with van der Waals surface area (Å²) in [7, 11) is 0. The number of hydrogen-bond donors (Lipinski definition) is 2. The van der Waals surface area contributed by atoms with Crippen LogP contribution < -0.4 is 10.2 Å². The van der Waals surface area contributed by atoms with Gasteiger partial charge in [-0.3, -0.25) is 29.4 Å². The third-order valence-electron chi connectivity index (χ3n) is 5.45. The Hall–Kier alpha value is -4.31. The van der Waals surface area contributed by atoms with Crippen LogP contribution in [0.25, 0.3) is 5.76 Å². The molecule has 9 nitrogen and oxygen atoms in total. The van der Waals surface area contributed by atoms with E-state index >= 15 is 0 Å². The van der Waals surface area contributed by atoms with Gasteiger partial charge in [-0.25, -0.2) is 0 Å². The molecule has 1 atom stereocenters. The van der Waals surface area contributed by atoms with Crippen LogP contribution in [0.2, 0.25) is 0 Å². The number of anilines is 2. The summed E-state index contributed by atoms with van der Waals surface area (Å²) in [6.45, 7) is 1.37. The molecule has 1 saturated heterocycles. The minimum absolute atomic E-state index is 0.142. The number of aliphatic hydroxyl groups excluding tert-OH is 1. The van der Waals surface area contributed by atoms with Gasteiger partial charge in [-0.15, -0.1) is 0 Å². The van der Waals surface area contributed by atoms with Gasteiger partial charge in [0.15, 0.2) is 0 Å². The number of halogens is 1. The molecule has 2 N–H and O–H groups in total. The van der Waals surface area contributed by atoms with Crippen LogP contribution in [0.4, 0.5) is 17.1 Å². The average molecular weight is 536 g/mol. The van der Waals surface area contributed by atoms with E-state index in [4.69, 9.17) is 0 Å². The second kappa shape index (κ2) is 9.51. The predicted molar refractivity (Wildman–Crippen MR) is 133 cm³/mol. The van der Waals surface area contributed by atoms with Crippen LogP contribution in [-0.4, -0.2) is 27.6 Å². The lowest BCUT2D eigenvalue weighted by molar-refractivity contribution is -0.384. The number of rotatable bonds is 5. The van der Waals surface area contributed by atoms with Gasteiger partial charge in [-0.1, -0.05) is 28.1 Å². The minimum atomic E-state index is -0.954. The lowest BCUT2D eigenvalue weighted by atomic mass is 9.95. The molecule has 0 bridgehead atoms. The first-order valence-corrected chi connectivity index (χ1v) is 11.2. The number of hydrogen-bond acceptors (Lipinski definition) is 6. The first kappa shape index (κ1) is 23.8. The number of ketones is 1. The fourth-order valence-corrected chi connectivity index (χ4v) is 4.13. The Morgan fingerprint density at radius 3 is 2.14 bits per heavy atom. The Labute approximate surface area is 208 Å². The summed E-state index contributed by atoms with van der Waals surface area (Å²) in [5.41, 5.74) is 1.32. The zero-order chi connectivity index (χ0) is 25.3. The number of nitrogens with one attached hydrogen (secondary N) is 1. The lowest BCUT2D eigenvalue weighted by Crippen LogP contribution is -2.29. The van der Waals surface area contributed by atoms with Crippen LogP contribution >= 0.6 is 15.9 Å². The molecule has 10 heteroatoms. The van der Waals surface area contributed by atoms with E-state index in [2.05, 4.69) is 21.2 Å². The molecule has 4 rings (SSSR count). The molecule has 176 valence electrons. The maximum Gasteiger partial charge on any atom is 0.300 e. The van der Waals surface area contributed by atoms with Crippen LogP contribution in [0.3, 0.4) is 0 Å². The smallest absolute Gasteiger partial charge is 0.300 e. The molecule has 1 aliphatic rings. The van der Waals surface area contributed by atoms with Crippen LogP contribution in [-0.2, 0) is 14.4 Å². The van der Waals surface area contributed by atoms with Gasteiger partial charge in [0, 0.05) is 40.5 Å². The van der Waals surface area contributed by atoms with Gasteiger partial charge in [0.05, 0.1) is 16.5 Å². The summed E-state index contributed by atoms with van der Waals surface area (Å²) in [5, 5.41) is 24.7.